The SMILES string of the molecule is Cc1cc(C2CCN(C(=O)[C@@H]3CCOC3)CC2)ccc1COc1c(F)cc(F)cc1-c1cccc(N2CCC(C(=O)[O-])CC2)n1.[Na+]. The fourth-order valence-corrected chi connectivity index (χ4v) is 6.70. The molecule has 0 N–H and O–H groups in total. The Morgan fingerprint density at radius 2 is 1.74 bits per heavy atom. The molecule has 3 aliphatic rings. The molecule has 3 saturated heterocycles. The number of carboxylic acid groups (broad SMARTS) is 1. The molecule has 11 heteroatoms. The summed E-state index contributed by atoms with van der Waals surface area (Å²) in [4.78, 5) is 32.6. The van der Waals surface area contributed by atoms with Crippen LogP contribution in [0.25, 0.3) is 11.3 Å². The number of hydrogen-bond donors (Lipinski definition) is 0. The average Bonchev–Trinajstić information content (AvgIpc) is 3.60. The maximum atomic E-state index is 15.2. The van der Waals surface area contributed by atoms with Crippen LogP contribution in [0.1, 0.15) is 54.7 Å². The van der Waals surface area contributed by atoms with Crippen molar-refractivity contribution in [2.45, 2.75) is 51.6 Å². The molecule has 3 aliphatic heterocycles. The molecule has 0 unspecified atom stereocenters. The van der Waals surface area contributed by atoms with Gasteiger partial charge in [0, 0.05) is 56.3 Å². The molecule has 1 amide bonds. The van der Waals surface area contributed by atoms with Crippen molar-refractivity contribution in [3.63, 3.8) is 0 Å². The van der Waals surface area contributed by atoms with Crippen molar-refractivity contribution in [2.24, 2.45) is 11.8 Å². The molecule has 238 valence electrons. The van der Waals surface area contributed by atoms with Crippen LogP contribution in [0.5, 0.6) is 5.75 Å². The van der Waals surface area contributed by atoms with Crippen LogP contribution in [0.3, 0.4) is 0 Å². The third kappa shape index (κ3) is 7.73. The number of benzene rings is 2. The Bertz CT molecular complexity index is 1550. The third-order valence-corrected chi connectivity index (χ3v) is 9.47. The Balaban J connectivity index is 0.00000417. The number of carboxylic acids is 1. The van der Waals surface area contributed by atoms with Crippen molar-refractivity contribution < 1.29 is 62.5 Å². The maximum Gasteiger partial charge on any atom is 1.00 e. The van der Waals surface area contributed by atoms with Crippen molar-refractivity contribution in [3.8, 4) is 17.0 Å². The molecule has 0 aliphatic carbocycles. The summed E-state index contributed by atoms with van der Waals surface area (Å²) in [5, 5.41) is 11.2. The Labute approximate surface area is 290 Å². The van der Waals surface area contributed by atoms with E-state index in [0.29, 0.717) is 56.6 Å². The first kappa shape index (κ1) is 34.3. The van der Waals surface area contributed by atoms with Gasteiger partial charge in [0.2, 0.25) is 5.91 Å². The van der Waals surface area contributed by atoms with E-state index in [0.717, 1.165) is 49.5 Å². The second-order valence-corrected chi connectivity index (χ2v) is 12.4. The van der Waals surface area contributed by atoms with Gasteiger partial charge >= 0.3 is 29.6 Å². The number of hydrogen-bond acceptors (Lipinski definition) is 7. The van der Waals surface area contributed by atoms with E-state index in [9.17, 15) is 19.1 Å². The van der Waals surface area contributed by atoms with Gasteiger partial charge in [-0.2, -0.15) is 0 Å². The molecule has 0 saturated carbocycles. The standard InChI is InChI=1S/C35H39F2N3O5.Na/c1-22-17-25(23-7-14-40(15-8-23)34(41)27-11-16-44-20-27)5-6-26(22)21-45-33-29(18-28(36)19-30(33)37)31-3-2-4-32(38-31)39-12-9-24(10-13-39)35(42)43;/h2-6,17-19,23-24,27H,7-16,20-21H2,1H3,(H,42,43);/q;+1/p-1/t27-;/m1./s1. The topological polar surface area (TPSA) is 95.0 Å². The number of nitrogens with zero attached hydrogens (tertiary/aromatic N) is 3. The number of aromatic nitrogens is 1. The number of ether oxygens (including phenoxy) is 2. The molecule has 1 atom stereocenters. The van der Waals surface area contributed by atoms with Gasteiger partial charge in [0.25, 0.3) is 0 Å². The predicted octanol–water partition coefficient (Wildman–Crippen LogP) is 1.63. The Morgan fingerprint density at radius 3 is 2.41 bits per heavy atom. The first-order valence-corrected chi connectivity index (χ1v) is 15.8. The summed E-state index contributed by atoms with van der Waals surface area (Å²) in [5.74, 6) is -1.99. The minimum absolute atomic E-state index is 0. The molecule has 46 heavy (non-hydrogen) atoms. The summed E-state index contributed by atoms with van der Waals surface area (Å²) in [6, 6.07) is 13.5. The average molecular weight is 642 g/mol. The summed E-state index contributed by atoms with van der Waals surface area (Å²) in [7, 11) is 0. The van der Waals surface area contributed by atoms with Gasteiger partial charge in [0.1, 0.15) is 18.2 Å². The molecule has 0 radical (unpaired) electrons. The molecule has 0 bridgehead atoms. The quantitative estimate of drug-likeness (QED) is 0.345. The molecule has 6 rings (SSSR count). The second-order valence-electron chi connectivity index (χ2n) is 12.4. The summed E-state index contributed by atoms with van der Waals surface area (Å²) < 4.78 is 41.0. The Hall–Kier alpha value is -3.05. The van der Waals surface area contributed by atoms with Gasteiger partial charge in [-0.15, -0.1) is 0 Å². The molecular formula is C35H38F2N3NaO5. The largest absolute Gasteiger partial charge is 1.00 e. The number of piperidine rings is 2. The number of halogens is 2. The van der Waals surface area contributed by atoms with Crippen LogP contribution in [0.2, 0.25) is 0 Å². The molecule has 1 aromatic heterocycles. The van der Waals surface area contributed by atoms with Crippen LogP contribution in [0, 0.1) is 30.4 Å². The van der Waals surface area contributed by atoms with E-state index in [1.54, 1.807) is 18.2 Å². The van der Waals surface area contributed by atoms with Crippen molar-refractivity contribution in [2.75, 3.05) is 44.3 Å². The molecule has 3 fully saturated rings. The number of carbonyl (C=O) groups excluding carboxylic acids is 2. The van der Waals surface area contributed by atoms with E-state index in [1.807, 2.05) is 22.8 Å². The van der Waals surface area contributed by atoms with Crippen molar-refractivity contribution in [1.82, 2.24) is 9.88 Å². The third-order valence-electron chi connectivity index (χ3n) is 9.47. The zero-order valence-corrected chi connectivity index (χ0v) is 28.5. The second kappa shape index (κ2) is 15.2. The smallest absolute Gasteiger partial charge is 0.550 e. The molecule has 3 aromatic rings. The molecule has 0 spiro atoms. The van der Waals surface area contributed by atoms with Crippen LogP contribution in [-0.2, 0) is 20.9 Å². The van der Waals surface area contributed by atoms with E-state index >= 15 is 4.39 Å². The molecule has 8 nitrogen and oxygen atoms in total. The van der Waals surface area contributed by atoms with Gasteiger partial charge in [0.05, 0.1) is 18.2 Å². The monoisotopic (exact) mass is 641 g/mol. The first-order valence-electron chi connectivity index (χ1n) is 15.8. The van der Waals surface area contributed by atoms with Crippen LogP contribution >= 0.6 is 0 Å². The van der Waals surface area contributed by atoms with Crippen LogP contribution < -0.4 is 44.3 Å². The van der Waals surface area contributed by atoms with Gasteiger partial charge in [-0.25, -0.2) is 13.8 Å². The first-order chi connectivity index (χ1) is 21.8. The number of anilines is 1. The molecule has 2 aromatic carbocycles. The van der Waals surface area contributed by atoms with E-state index in [2.05, 4.69) is 17.1 Å². The van der Waals surface area contributed by atoms with Crippen LogP contribution in [0.4, 0.5) is 14.6 Å². The fraction of sp³-hybridized carbons (Fsp3) is 0.457. The van der Waals surface area contributed by atoms with Gasteiger partial charge in [-0.05, 0) is 79.8 Å². The van der Waals surface area contributed by atoms with Gasteiger partial charge in [-0.3, -0.25) is 4.79 Å². The maximum absolute atomic E-state index is 15.2. The summed E-state index contributed by atoms with van der Waals surface area (Å²) in [6.07, 6.45) is 3.51. The molecule has 4 heterocycles. The van der Waals surface area contributed by atoms with Gasteiger partial charge in [0.15, 0.2) is 11.6 Å². The Morgan fingerprint density at radius 1 is 0.978 bits per heavy atom. The number of pyridine rings is 1. The van der Waals surface area contributed by atoms with E-state index in [4.69, 9.17) is 9.47 Å². The number of aliphatic carboxylic acids is 1. The number of rotatable bonds is 8. The number of aryl methyl sites for hydroxylation is 1. The van der Waals surface area contributed by atoms with E-state index in [-0.39, 0.29) is 59.3 Å². The zero-order valence-electron chi connectivity index (χ0n) is 26.5. The summed E-state index contributed by atoms with van der Waals surface area (Å²) in [5.41, 5.74) is 3.68. The summed E-state index contributed by atoms with van der Waals surface area (Å²) >= 11 is 0. The van der Waals surface area contributed by atoms with E-state index < -0.39 is 23.5 Å². The van der Waals surface area contributed by atoms with Crippen molar-refractivity contribution >= 4 is 17.7 Å². The fourth-order valence-electron chi connectivity index (χ4n) is 6.70. The van der Waals surface area contributed by atoms with Gasteiger partial charge in [-0.1, -0.05) is 24.3 Å². The zero-order chi connectivity index (χ0) is 31.5. The summed E-state index contributed by atoms with van der Waals surface area (Å²) in [6.45, 7) is 5.76. The van der Waals surface area contributed by atoms with Crippen molar-refractivity contribution in [3.05, 3.63) is 76.9 Å². The van der Waals surface area contributed by atoms with Crippen LogP contribution in [-0.4, -0.2) is 61.2 Å². The normalized spacial score (nSPS) is 19.2. The molecular weight excluding hydrogens is 603 g/mol. The Kier molecular flexibility index (Phi) is 11.4. The number of likely N-dealkylation sites (tertiary alicyclic amines) is 1. The minimum Gasteiger partial charge on any atom is -0.550 e. The van der Waals surface area contributed by atoms with Crippen LogP contribution in [0.15, 0.2) is 48.5 Å². The minimum atomic E-state index is -1.04. The van der Waals surface area contributed by atoms with Crippen molar-refractivity contribution in [1.29, 1.82) is 0 Å². The van der Waals surface area contributed by atoms with E-state index in [1.165, 1.54) is 11.6 Å². The number of carbonyl (C=O) groups is 2. The van der Waals surface area contributed by atoms with Gasteiger partial charge < -0.3 is 29.2 Å². The number of amides is 1. The predicted molar refractivity (Wildman–Crippen MR) is 163 cm³/mol.